The Hall–Kier alpha value is -4.25. The summed E-state index contributed by atoms with van der Waals surface area (Å²) in [6.07, 6.45) is -1.93. The van der Waals surface area contributed by atoms with E-state index in [1.54, 1.807) is 11.8 Å². The molecular formula is C28H33N7O6. The second-order valence-electron chi connectivity index (χ2n) is 10.1. The first-order chi connectivity index (χ1) is 19.9. The number of carbonyl (C=O) groups excluding carboxylic acids is 2. The number of amides is 2. The fourth-order valence-corrected chi connectivity index (χ4v) is 4.97. The van der Waals surface area contributed by atoms with E-state index in [4.69, 9.17) is 15.2 Å². The number of aliphatic hydroxyl groups excluding tert-OH is 2. The third-order valence-electron chi connectivity index (χ3n) is 7.24. The maximum Gasteiger partial charge on any atom is 0.410 e. The fourth-order valence-electron chi connectivity index (χ4n) is 4.97. The molecule has 2 fully saturated rings. The van der Waals surface area contributed by atoms with Crippen LogP contribution in [-0.4, -0.2) is 84.6 Å². The van der Waals surface area contributed by atoms with Crippen molar-refractivity contribution in [3.8, 4) is 11.8 Å². The summed E-state index contributed by atoms with van der Waals surface area (Å²) in [5, 5.41) is 23.6. The number of nitrogens with zero attached hydrogens (tertiary/aromatic N) is 5. The molecule has 5 N–H and O–H groups in total. The first-order valence-corrected chi connectivity index (χ1v) is 13.6. The maximum absolute atomic E-state index is 12.4. The number of fused-ring (bicyclic) bond motifs is 1. The zero-order valence-corrected chi connectivity index (χ0v) is 22.6. The van der Waals surface area contributed by atoms with Crippen molar-refractivity contribution in [1.29, 1.82) is 0 Å². The number of piperidine rings is 1. The highest BCUT2D eigenvalue weighted by Gasteiger charge is 2.47. The first-order valence-electron chi connectivity index (χ1n) is 13.6. The number of imidazole rings is 1. The molecule has 4 heterocycles. The first kappa shape index (κ1) is 28.3. The number of nitrogens with one attached hydrogen (secondary N) is 1. The predicted molar refractivity (Wildman–Crippen MR) is 147 cm³/mol. The molecule has 13 nitrogen and oxygen atoms in total. The smallest absolute Gasteiger partial charge is 0.410 e. The van der Waals surface area contributed by atoms with Gasteiger partial charge in [-0.25, -0.2) is 19.7 Å². The molecule has 2 saturated heterocycles. The van der Waals surface area contributed by atoms with Gasteiger partial charge in [0, 0.05) is 26.1 Å². The highest BCUT2D eigenvalue weighted by molar-refractivity contribution is 5.83. The molecule has 0 saturated carbocycles. The van der Waals surface area contributed by atoms with Crippen molar-refractivity contribution in [3.05, 3.63) is 48.0 Å². The van der Waals surface area contributed by atoms with E-state index in [0.717, 1.165) is 18.4 Å². The second kappa shape index (κ2) is 12.5. The number of aliphatic hydroxyl groups is 2. The van der Waals surface area contributed by atoms with Gasteiger partial charge in [-0.2, -0.15) is 0 Å². The van der Waals surface area contributed by atoms with Gasteiger partial charge in [-0.3, -0.25) is 9.36 Å². The molecule has 2 amide bonds. The summed E-state index contributed by atoms with van der Waals surface area (Å²) in [6, 6.07) is 9.57. The summed E-state index contributed by atoms with van der Waals surface area (Å²) in [5.41, 5.74) is 7.60. The zero-order chi connectivity index (χ0) is 28.9. The van der Waals surface area contributed by atoms with E-state index in [1.165, 1.54) is 10.9 Å². The lowest BCUT2D eigenvalue weighted by Crippen LogP contribution is -2.42. The van der Waals surface area contributed by atoms with Crippen molar-refractivity contribution >= 4 is 29.0 Å². The molecule has 2 aromatic heterocycles. The number of hydrogen-bond acceptors (Lipinski definition) is 10. The number of aromatic nitrogens is 4. The van der Waals surface area contributed by atoms with Gasteiger partial charge >= 0.3 is 6.09 Å². The monoisotopic (exact) mass is 563 g/mol. The molecule has 0 aliphatic carbocycles. The van der Waals surface area contributed by atoms with E-state index < -0.39 is 30.4 Å². The summed E-state index contributed by atoms with van der Waals surface area (Å²) in [7, 11) is 0. The van der Waals surface area contributed by atoms with Crippen molar-refractivity contribution in [2.75, 3.05) is 25.4 Å². The van der Waals surface area contributed by atoms with Crippen LogP contribution < -0.4 is 11.1 Å². The molecular weight excluding hydrogens is 530 g/mol. The molecule has 0 radical (unpaired) electrons. The number of nitrogen functional groups attached to an aromatic ring is 1. The van der Waals surface area contributed by atoms with Gasteiger partial charge in [0.2, 0.25) is 5.82 Å². The normalized spacial score (nSPS) is 22.8. The molecule has 41 heavy (non-hydrogen) atoms. The van der Waals surface area contributed by atoms with Gasteiger partial charge in [0.25, 0.3) is 5.91 Å². The van der Waals surface area contributed by atoms with Gasteiger partial charge in [0.05, 0.1) is 6.33 Å². The van der Waals surface area contributed by atoms with Crippen molar-refractivity contribution < 1.29 is 29.3 Å². The van der Waals surface area contributed by atoms with Crippen LogP contribution in [0.15, 0.2) is 36.7 Å². The van der Waals surface area contributed by atoms with Crippen LogP contribution in [0.3, 0.4) is 0 Å². The number of likely N-dealkylation sites (tertiary alicyclic amines) is 1. The maximum atomic E-state index is 12.4. The van der Waals surface area contributed by atoms with Crippen LogP contribution in [0.2, 0.25) is 0 Å². The number of anilines is 1. The highest BCUT2D eigenvalue weighted by atomic mass is 16.6. The third-order valence-corrected chi connectivity index (χ3v) is 7.24. The van der Waals surface area contributed by atoms with Gasteiger partial charge in [-0.05, 0) is 37.2 Å². The van der Waals surface area contributed by atoms with Crippen LogP contribution in [0.5, 0.6) is 0 Å². The zero-order valence-electron chi connectivity index (χ0n) is 22.6. The Balaban J connectivity index is 1.19. The van der Waals surface area contributed by atoms with Crippen LogP contribution >= 0.6 is 0 Å². The minimum absolute atomic E-state index is 0.105. The largest absolute Gasteiger partial charge is 0.445 e. The minimum atomic E-state index is -1.43. The topological polar surface area (TPSA) is 178 Å². The Bertz CT molecular complexity index is 1440. The summed E-state index contributed by atoms with van der Waals surface area (Å²) in [4.78, 5) is 39.3. The lowest BCUT2D eigenvalue weighted by molar-refractivity contribution is -0.137. The predicted octanol–water partition coefficient (Wildman–Crippen LogP) is 0.954. The molecule has 4 atom stereocenters. The van der Waals surface area contributed by atoms with Crippen LogP contribution in [-0.2, 0) is 20.9 Å². The average molecular weight is 564 g/mol. The van der Waals surface area contributed by atoms with Gasteiger partial charge in [0.15, 0.2) is 23.8 Å². The van der Waals surface area contributed by atoms with E-state index in [1.807, 2.05) is 30.3 Å². The standard InChI is InChI=1S/C28H33N7O6/c1-2-30-26(38)23-21(36)22(37)27(41-23)35-16-31-20-24(29)32-19(33-25(20)35)10-6-9-17-11-13-34(14-12-17)28(39)40-15-18-7-4-3-5-8-18/h3-5,7-8,16-17,21-23,27,36-37H,2,9,11-15H2,1H3,(H,30,38)(H2,29,32,33)/t21-,22+,23-,27+/m0/s1. The SMILES string of the molecule is CCNC(=O)[C@H]1O[C@@H](n2cnc3c(N)nc(C#CCC4CCN(C(=O)OCc5ccccc5)CC4)nc32)[C@H](O)[C@@H]1O. The molecule has 0 spiro atoms. The highest BCUT2D eigenvalue weighted by Crippen LogP contribution is 2.32. The summed E-state index contributed by atoms with van der Waals surface area (Å²) < 4.78 is 12.5. The number of likely N-dealkylation sites (N-methyl/N-ethyl adjacent to an activating group) is 1. The van der Waals surface area contributed by atoms with Gasteiger partial charge in [-0.1, -0.05) is 36.3 Å². The van der Waals surface area contributed by atoms with Crippen LogP contribution in [0.25, 0.3) is 11.2 Å². The number of benzene rings is 1. The van der Waals surface area contributed by atoms with Crippen LogP contribution in [0.4, 0.5) is 10.6 Å². The molecule has 2 aliphatic rings. The Morgan fingerprint density at radius 2 is 1.93 bits per heavy atom. The Kier molecular flexibility index (Phi) is 8.63. The van der Waals surface area contributed by atoms with Crippen molar-refractivity contribution in [2.24, 2.45) is 5.92 Å². The van der Waals surface area contributed by atoms with Crippen LogP contribution in [0.1, 0.15) is 43.8 Å². The number of hydrogen-bond donors (Lipinski definition) is 4. The molecule has 1 aromatic carbocycles. The van der Waals surface area contributed by atoms with Gasteiger partial charge < -0.3 is 35.6 Å². The molecule has 5 rings (SSSR count). The minimum Gasteiger partial charge on any atom is -0.445 e. The van der Waals surface area contributed by atoms with Crippen molar-refractivity contribution in [3.63, 3.8) is 0 Å². The molecule has 216 valence electrons. The third kappa shape index (κ3) is 6.25. The van der Waals surface area contributed by atoms with E-state index in [2.05, 4.69) is 32.1 Å². The Labute approximate surface area is 236 Å². The number of nitrogens with two attached hydrogens (primary N) is 1. The van der Waals surface area contributed by atoms with E-state index >= 15 is 0 Å². The number of rotatable bonds is 6. The summed E-state index contributed by atoms with van der Waals surface area (Å²) in [6.45, 7) is 3.54. The number of carbonyl (C=O) groups is 2. The number of ether oxygens (including phenoxy) is 2. The fraction of sp³-hybridized carbons (Fsp3) is 0.464. The van der Waals surface area contributed by atoms with Crippen molar-refractivity contribution in [2.45, 2.75) is 57.3 Å². The van der Waals surface area contributed by atoms with E-state index in [0.29, 0.717) is 32.0 Å². The lowest BCUT2D eigenvalue weighted by Gasteiger charge is -2.30. The van der Waals surface area contributed by atoms with Crippen LogP contribution in [0, 0.1) is 17.8 Å². The Morgan fingerprint density at radius 3 is 2.66 bits per heavy atom. The second-order valence-corrected chi connectivity index (χ2v) is 10.1. The summed E-state index contributed by atoms with van der Waals surface area (Å²) in [5.74, 6) is 6.13. The quantitative estimate of drug-likeness (QED) is 0.316. The average Bonchev–Trinajstić information content (AvgIpc) is 3.53. The van der Waals surface area contributed by atoms with Crippen molar-refractivity contribution in [1.82, 2.24) is 29.7 Å². The summed E-state index contributed by atoms with van der Waals surface area (Å²) >= 11 is 0. The molecule has 0 unspecified atom stereocenters. The molecule has 2 aliphatic heterocycles. The van der Waals surface area contributed by atoms with Gasteiger partial charge in [0.1, 0.15) is 24.3 Å². The van der Waals surface area contributed by atoms with Gasteiger partial charge in [-0.15, -0.1) is 0 Å². The Morgan fingerprint density at radius 1 is 1.17 bits per heavy atom. The lowest BCUT2D eigenvalue weighted by atomic mass is 9.94. The van der Waals surface area contributed by atoms with E-state index in [-0.39, 0.29) is 35.5 Å². The molecule has 3 aromatic rings. The molecule has 13 heteroatoms. The van der Waals surface area contributed by atoms with E-state index in [9.17, 15) is 19.8 Å². The molecule has 0 bridgehead atoms.